The molecule has 0 atom stereocenters. The standard InChI is InChI=1S/C60H42N4/c1-3-15-44(16-4-1)61-46-33-27-41(28-34-46)49-39-40-54(62-45-17-5-2-6-18-45)60(43-31-37-48(38-32-43)64-57-25-13-9-21-52(57)53-22-10-14-26-58(53)64)59(49)42-29-35-47(36-30-42)63-55-23-11-7-19-50(55)51-20-8-12-24-56(51)63/h1-40,61-62H. The van der Waals surface area contributed by atoms with Crippen molar-refractivity contribution in [1.82, 2.24) is 9.13 Å². The fraction of sp³-hybridized carbons (Fsp3) is 0. The summed E-state index contributed by atoms with van der Waals surface area (Å²) in [5.41, 5.74) is 18.0. The Morgan fingerprint density at radius 1 is 0.250 bits per heavy atom. The first kappa shape index (κ1) is 37.2. The maximum absolute atomic E-state index is 3.84. The minimum Gasteiger partial charge on any atom is -0.356 e. The lowest BCUT2D eigenvalue weighted by Crippen LogP contribution is -2.00. The molecule has 2 aromatic heterocycles. The van der Waals surface area contributed by atoms with Crippen LogP contribution in [0, 0.1) is 0 Å². The molecular weight excluding hydrogens is 777 g/mol. The molecule has 0 radical (unpaired) electrons. The summed E-state index contributed by atoms with van der Waals surface area (Å²) < 4.78 is 4.77. The van der Waals surface area contributed by atoms with Crippen molar-refractivity contribution >= 4 is 66.4 Å². The predicted octanol–water partition coefficient (Wildman–Crippen LogP) is 16.4. The molecule has 0 fully saturated rings. The number of fused-ring (bicyclic) bond motifs is 6. The van der Waals surface area contributed by atoms with E-state index in [0.29, 0.717) is 0 Å². The molecule has 0 amide bonds. The third-order valence-electron chi connectivity index (χ3n) is 12.5. The monoisotopic (exact) mass is 818 g/mol. The normalized spacial score (nSPS) is 11.4. The number of hydrogen-bond acceptors (Lipinski definition) is 2. The molecule has 2 heterocycles. The molecule has 2 N–H and O–H groups in total. The van der Waals surface area contributed by atoms with Crippen LogP contribution in [-0.2, 0) is 0 Å². The van der Waals surface area contributed by atoms with Crippen molar-refractivity contribution in [3.63, 3.8) is 0 Å². The summed E-state index contributed by atoms with van der Waals surface area (Å²) in [5, 5.41) is 12.4. The highest BCUT2D eigenvalue weighted by Gasteiger charge is 2.21. The average Bonchev–Trinajstić information content (AvgIpc) is 3.88. The van der Waals surface area contributed by atoms with E-state index in [0.717, 1.165) is 67.5 Å². The first-order valence-corrected chi connectivity index (χ1v) is 21.8. The van der Waals surface area contributed by atoms with Crippen LogP contribution in [0.25, 0.3) is 88.4 Å². The number of hydrogen-bond donors (Lipinski definition) is 2. The molecule has 0 aliphatic rings. The topological polar surface area (TPSA) is 33.9 Å². The van der Waals surface area contributed by atoms with Gasteiger partial charge in [-0.1, -0.05) is 152 Å². The molecule has 0 aliphatic heterocycles. The van der Waals surface area contributed by atoms with Gasteiger partial charge in [-0.3, -0.25) is 0 Å². The van der Waals surface area contributed by atoms with E-state index in [1.807, 2.05) is 6.07 Å². The summed E-state index contributed by atoms with van der Waals surface area (Å²) in [4.78, 5) is 0. The molecule has 4 nitrogen and oxygen atoms in total. The molecule has 4 heteroatoms. The Morgan fingerprint density at radius 3 is 1.06 bits per heavy atom. The number of benzene rings is 10. The van der Waals surface area contributed by atoms with Gasteiger partial charge in [0, 0.05) is 61.2 Å². The Kier molecular flexibility index (Phi) is 9.12. The van der Waals surface area contributed by atoms with E-state index >= 15 is 0 Å². The Labute approximate surface area is 371 Å². The van der Waals surface area contributed by atoms with Crippen LogP contribution in [0.4, 0.5) is 22.7 Å². The maximum Gasteiger partial charge on any atom is 0.0541 e. The number of para-hydroxylation sites is 6. The molecule has 12 rings (SSSR count). The number of anilines is 4. The summed E-state index contributed by atoms with van der Waals surface area (Å²) in [7, 11) is 0. The van der Waals surface area contributed by atoms with Gasteiger partial charge in [-0.05, 0) is 119 Å². The predicted molar refractivity (Wildman–Crippen MR) is 271 cm³/mol. The van der Waals surface area contributed by atoms with Crippen molar-refractivity contribution in [2.24, 2.45) is 0 Å². The molecular formula is C60H42N4. The molecule has 0 bridgehead atoms. The number of nitrogens with one attached hydrogen (secondary N) is 2. The van der Waals surface area contributed by atoms with Crippen molar-refractivity contribution in [2.45, 2.75) is 0 Å². The van der Waals surface area contributed by atoms with Crippen LogP contribution in [0.5, 0.6) is 0 Å². The molecule has 0 unspecified atom stereocenters. The second-order valence-corrected chi connectivity index (χ2v) is 16.3. The third kappa shape index (κ3) is 6.48. The molecule has 302 valence electrons. The van der Waals surface area contributed by atoms with Crippen LogP contribution in [0.1, 0.15) is 0 Å². The van der Waals surface area contributed by atoms with E-state index in [2.05, 4.69) is 256 Å². The average molecular weight is 819 g/mol. The fourth-order valence-electron chi connectivity index (χ4n) is 9.60. The van der Waals surface area contributed by atoms with Gasteiger partial charge in [0.15, 0.2) is 0 Å². The van der Waals surface area contributed by atoms with E-state index < -0.39 is 0 Å². The summed E-state index contributed by atoms with van der Waals surface area (Å²) in [6, 6.07) is 87.2. The highest BCUT2D eigenvalue weighted by atomic mass is 15.0. The summed E-state index contributed by atoms with van der Waals surface area (Å²) in [6.45, 7) is 0. The molecule has 0 saturated carbocycles. The third-order valence-corrected chi connectivity index (χ3v) is 12.5. The van der Waals surface area contributed by atoms with Crippen molar-refractivity contribution < 1.29 is 0 Å². The number of nitrogens with zero attached hydrogens (tertiary/aromatic N) is 2. The lowest BCUT2D eigenvalue weighted by Gasteiger charge is -2.22. The Morgan fingerprint density at radius 2 is 0.609 bits per heavy atom. The van der Waals surface area contributed by atoms with Crippen LogP contribution in [0.15, 0.2) is 243 Å². The highest BCUT2D eigenvalue weighted by Crippen LogP contribution is 2.46. The Hall–Kier alpha value is -8.60. The SMILES string of the molecule is c1ccc(Nc2ccc(-c3ccc(Nc4ccccc4)c(-c4ccc(-n5c6ccccc6c6ccccc65)cc4)c3-c3ccc(-n4c5ccccc5c5ccccc54)cc3)cc2)cc1. The quantitative estimate of drug-likeness (QED) is 0.152. The van der Waals surface area contributed by atoms with Crippen LogP contribution in [-0.4, -0.2) is 9.13 Å². The van der Waals surface area contributed by atoms with Gasteiger partial charge in [0.25, 0.3) is 0 Å². The first-order chi connectivity index (χ1) is 31.7. The molecule has 12 aromatic rings. The lowest BCUT2D eigenvalue weighted by atomic mass is 9.86. The van der Waals surface area contributed by atoms with E-state index in [1.165, 1.54) is 43.6 Å². The second-order valence-electron chi connectivity index (χ2n) is 16.3. The minimum atomic E-state index is 1.03. The molecule has 0 saturated heterocycles. The van der Waals surface area contributed by atoms with E-state index in [1.54, 1.807) is 0 Å². The zero-order valence-corrected chi connectivity index (χ0v) is 35.0. The zero-order chi connectivity index (χ0) is 42.4. The Balaban J connectivity index is 1.05. The number of aromatic nitrogens is 2. The largest absolute Gasteiger partial charge is 0.356 e. The van der Waals surface area contributed by atoms with Gasteiger partial charge in [-0.15, -0.1) is 0 Å². The van der Waals surface area contributed by atoms with Crippen LogP contribution in [0.2, 0.25) is 0 Å². The Bertz CT molecular complexity index is 3510. The summed E-state index contributed by atoms with van der Waals surface area (Å²) in [6.07, 6.45) is 0. The van der Waals surface area contributed by atoms with Gasteiger partial charge in [-0.2, -0.15) is 0 Å². The van der Waals surface area contributed by atoms with Gasteiger partial charge < -0.3 is 19.8 Å². The highest BCUT2D eigenvalue weighted by molar-refractivity contribution is 6.10. The van der Waals surface area contributed by atoms with Gasteiger partial charge in [0.2, 0.25) is 0 Å². The first-order valence-electron chi connectivity index (χ1n) is 21.8. The second kappa shape index (κ2) is 15.7. The molecule has 10 aromatic carbocycles. The van der Waals surface area contributed by atoms with Crippen LogP contribution in [0.3, 0.4) is 0 Å². The fourth-order valence-corrected chi connectivity index (χ4v) is 9.60. The van der Waals surface area contributed by atoms with Gasteiger partial charge in [0.1, 0.15) is 0 Å². The van der Waals surface area contributed by atoms with E-state index in [4.69, 9.17) is 0 Å². The maximum atomic E-state index is 3.84. The smallest absolute Gasteiger partial charge is 0.0541 e. The van der Waals surface area contributed by atoms with Crippen molar-refractivity contribution in [3.8, 4) is 44.8 Å². The lowest BCUT2D eigenvalue weighted by molar-refractivity contribution is 1.18. The van der Waals surface area contributed by atoms with Crippen molar-refractivity contribution in [3.05, 3.63) is 243 Å². The van der Waals surface area contributed by atoms with Crippen molar-refractivity contribution in [1.29, 1.82) is 0 Å². The van der Waals surface area contributed by atoms with Crippen molar-refractivity contribution in [2.75, 3.05) is 10.6 Å². The molecule has 0 spiro atoms. The summed E-state index contributed by atoms with van der Waals surface area (Å²) in [5.74, 6) is 0. The van der Waals surface area contributed by atoms with E-state index in [9.17, 15) is 0 Å². The van der Waals surface area contributed by atoms with E-state index in [-0.39, 0.29) is 0 Å². The van der Waals surface area contributed by atoms with Gasteiger partial charge in [-0.25, -0.2) is 0 Å². The van der Waals surface area contributed by atoms with Gasteiger partial charge in [0.05, 0.1) is 22.1 Å². The van der Waals surface area contributed by atoms with Crippen LogP contribution < -0.4 is 10.6 Å². The molecule has 64 heavy (non-hydrogen) atoms. The van der Waals surface area contributed by atoms with Gasteiger partial charge >= 0.3 is 0 Å². The molecule has 0 aliphatic carbocycles. The number of rotatable bonds is 9. The minimum absolute atomic E-state index is 1.03. The van der Waals surface area contributed by atoms with Crippen LogP contribution >= 0.6 is 0 Å². The summed E-state index contributed by atoms with van der Waals surface area (Å²) >= 11 is 0. The zero-order valence-electron chi connectivity index (χ0n) is 35.0.